The van der Waals surface area contributed by atoms with Crippen LogP contribution in [-0.2, 0) is 11.2 Å². The van der Waals surface area contributed by atoms with Gasteiger partial charge in [0.15, 0.2) is 0 Å². The third-order valence-corrected chi connectivity index (χ3v) is 2.65. The van der Waals surface area contributed by atoms with E-state index in [-0.39, 0.29) is 6.10 Å². The molecule has 0 bridgehead atoms. The van der Waals surface area contributed by atoms with Gasteiger partial charge in [-0.3, -0.25) is 4.98 Å². The summed E-state index contributed by atoms with van der Waals surface area (Å²) < 4.78 is 10.9. The zero-order valence-electron chi connectivity index (χ0n) is 11.8. The lowest BCUT2D eigenvalue weighted by atomic mass is 10.2. The Hall–Kier alpha value is -1.13. The van der Waals surface area contributed by atoms with E-state index in [0.717, 1.165) is 43.3 Å². The molecular formula is C14H24N2O2. The van der Waals surface area contributed by atoms with Crippen molar-refractivity contribution in [3.8, 4) is 5.75 Å². The first-order valence-corrected chi connectivity index (χ1v) is 6.50. The predicted molar refractivity (Wildman–Crippen MR) is 73.2 cm³/mol. The SMILES string of the molecule is CCc1nc(C)ccc1OC(C)CNCCOC. The Labute approximate surface area is 110 Å². The molecule has 1 aromatic rings. The number of pyridine rings is 1. The summed E-state index contributed by atoms with van der Waals surface area (Å²) in [6.07, 6.45) is 1.01. The summed E-state index contributed by atoms with van der Waals surface area (Å²) in [7, 11) is 1.70. The summed E-state index contributed by atoms with van der Waals surface area (Å²) in [5.74, 6) is 0.893. The lowest BCUT2D eigenvalue weighted by molar-refractivity contribution is 0.183. The first-order chi connectivity index (χ1) is 8.67. The molecule has 102 valence electrons. The standard InChI is InChI=1S/C14H24N2O2/c1-5-13-14(7-6-11(2)16-13)18-12(3)10-15-8-9-17-4/h6-7,12,15H,5,8-10H2,1-4H3. The Morgan fingerprint density at radius 1 is 1.39 bits per heavy atom. The summed E-state index contributed by atoms with van der Waals surface area (Å²) >= 11 is 0. The Balaban J connectivity index is 2.45. The molecule has 0 amide bonds. The van der Waals surface area contributed by atoms with Gasteiger partial charge in [0, 0.05) is 25.9 Å². The second kappa shape index (κ2) is 8.06. The minimum atomic E-state index is 0.122. The van der Waals surface area contributed by atoms with Gasteiger partial charge in [-0.15, -0.1) is 0 Å². The van der Waals surface area contributed by atoms with Crippen molar-refractivity contribution in [3.05, 3.63) is 23.5 Å². The molecule has 4 heteroatoms. The van der Waals surface area contributed by atoms with Crippen molar-refractivity contribution in [2.75, 3.05) is 26.8 Å². The van der Waals surface area contributed by atoms with Crippen LogP contribution in [0.15, 0.2) is 12.1 Å². The third-order valence-electron chi connectivity index (χ3n) is 2.65. The van der Waals surface area contributed by atoms with Crippen LogP contribution in [0.1, 0.15) is 25.2 Å². The molecule has 0 aromatic carbocycles. The van der Waals surface area contributed by atoms with Gasteiger partial charge in [-0.2, -0.15) is 0 Å². The van der Waals surface area contributed by atoms with Crippen LogP contribution in [-0.4, -0.2) is 37.9 Å². The minimum Gasteiger partial charge on any atom is -0.487 e. The van der Waals surface area contributed by atoms with Gasteiger partial charge >= 0.3 is 0 Å². The molecule has 0 aliphatic heterocycles. The number of methoxy groups -OCH3 is 1. The molecule has 0 fully saturated rings. The number of nitrogens with zero attached hydrogens (tertiary/aromatic N) is 1. The fraction of sp³-hybridized carbons (Fsp3) is 0.643. The van der Waals surface area contributed by atoms with Crippen LogP contribution in [0.25, 0.3) is 0 Å². The zero-order valence-corrected chi connectivity index (χ0v) is 11.8. The molecule has 0 aliphatic rings. The van der Waals surface area contributed by atoms with Gasteiger partial charge in [-0.1, -0.05) is 6.92 Å². The summed E-state index contributed by atoms with van der Waals surface area (Å²) in [6.45, 7) is 8.52. The number of aromatic nitrogens is 1. The summed E-state index contributed by atoms with van der Waals surface area (Å²) in [6, 6.07) is 3.99. The first-order valence-electron chi connectivity index (χ1n) is 6.50. The number of rotatable bonds is 8. The largest absolute Gasteiger partial charge is 0.487 e. The molecule has 0 aliphatic carbocycles. The molecule has 1 aromatic heterocycles. The molecule has 1 rings (SSSR count). The van der Waals surface area contributed by atoms with Crippen molar-refractivity contribution in [2.24, 2.45) is 0 Å². The van der Waals surface area contributed by atoms with Crippen molar-refractivity contribution in [1.29, 1.82) is 0 Å². The fourth-order valence-electron chi connectivity index (χ4n) is 1.70. The predicted octanol–water partition coefficient (Wildman–Crippen LogP) is 1.96. The van der Waals surface area contributed by atoms with E-state index in [1.807, 2.05) is 19.1 Å². The first kappa shape index (κ1) is 14.9. The molecule has 0 radical (unpaired) electrons. The number of hydrogen-bond donors (Lipinski definition) is 1. The molecule has 0 saturated carbocycles. The maximum Gasteiger partial charge on any atom is 0.141 e. The van der Waals surface area contributed by atoms with Gasteiger partial charge in [0.05, 0.1) is 12.3 Å². The molecule has 4 nitrogen and oxygen atoms in total. The van der Waals surface area contributed by atoms with Gasteiger partial charge in [0.25, 0.3) is 0 Å². The summed E-state index contributed by atoms with van der Waals surface area (Å²) in [5, 5.41) is 3.28. The average Bonchev–Trinajstić information content (AvgIpc) is 2.37. The maximum atomic E-state index is 5.91. The molecule has 1 atom stereocenters. The van der Waals surface area contributed by atoms with E-state index in [1.165, 1.54) is 0 Å². The molecule has 1 heterocycles. The lowest BCUT2D eigenvalue weighted by Crippen LogP contribution is -2.31. The monoisotopic (exact) mass is 252 g/mol. The van der Waals surface area contributed by atoms with E-state index in [0.29, 0.717) is 0 Å². The van der Waals surface area contributed by atoms with Gasteiger partial charge in [-0.05, 0) is 32.4 Å². The lowest BCUT2D eigenvalue weighted by Gasteiger charge is -2.17. The molecule has 0 spiro atoms. The highest BCUT2D eigenvalue weighted by Crippen LogP contribution is 2.18. The second-order valence-corrected chi connectivity index (χ2v) is 4.38. The highest BCUT2D eigenvalue weighted by atomic mass is 16.5. The van der Waals surface area contributed by atoms with E-state index >= 15 is 0 Å². The third kappa shape index (κ3) is 5.02. The smallest absolute Gasteiger partial charge is 0.141 e. The second-order valence-electron chi connectivity index (χ2n) is 4.38. The van der Waals surface area contributed by atoms with E-state index in [2.05, 4.69) is 24.1 Å². The van der Waals surface area contributed by atoms with Crippen molar-refractivity contribution < 1.29 is 9.47 Å². The normalized spacial score (nSPS) is 12.4. The van der Waals surface area contributed by atoms with E-state index in [1.54, 1.807) is 7.11 Å². The van der Waals surface area contributed by atoms with Crippen LogP contribution >= 0.6 is 0 Å². The number of hydrogen-bond acceptors (Lipinski definition) is 4. The van der Waals surface area contributed by atoms with Gasteiger partial charge in [-0.25, -0.2) is 0 Å². The van der Waals surface area contributed by atoms with Crippen molar-refractivity contribution in [1.82, 2.24) is 10.3 Å². The quantitative estimate of drug-likeness (QED) is 0.718. The van der Waals surface area contributed by atoms with Crippen LogP contribution < -0.4 is 10.1 Å². The van der Waals surface area contributed by atoms with Gasteiger partial charge in [0.2, 0.25) is 0 Å². The number of aryl methyl sites for hydroxylation is 2. The Morgan fingerprint density at radius 2 is 2.17 bits per heavy atom. The molecular weight excluding hydrogens is 228 g/mol. The summed E-state index contributed by atoms with van der Waals surface area (Å²) in [4.78, 5) is 4.49. The van der Waals surface area contributed by atoms with Crippen LogP contribution in [0.4, 0.5) is 0 Å². The fourth-order valence-corrected chi connectivity index (χ4v) is 1.70. The topological polar surface area (TPSA) is 43.4 Å². The Kier molecular flexibility index (Phi) is 6.68. The van der Waals surface area contributed by atoms with Crippen molar-refractivity contribution in [2.45, 2.75) is 33.3 Å². The zero-order chi connectivity index (χ0) is 13.4. The highest BCUT2D eigenvalue weighted by molar-refractivity contribution is 5.29. The average molecular weight is 252 g/mol. The molecule has 1 unspecified atom stereocenters. The number of nitrogens with one attached hydrogen (secondary N) is 1. The van der Waals surface area contributed by atoms with E-state index in [4.69, 9.17) is 9.47 Å². The van der Waals surface area contributed by atoms with Crippen LogP contribution in [0, 0.1) is 6.92 Å². The van der Waals surface area contributed by atoms with E-state index in [9.17, 15) is 0 Å². The minimum absolute atomic E-state index is 0.122. The Morgan fingerprint density at radius 3 is 2.83 bits per heavy atom. The summed E-state index contributed by atoms with van der Waals surface area (Å²) in [5.41, 5.74) is 2.06. The molecule has 18 heavy (non-hydrogen) atoms. The van der Waals surface area contributed by atoms with Crippen LogP contribution in [0.3, 0.4) is 0 Å². The molecule has 1 N–H and O–H groups in total. The van der Waals surface area contributed by atoms with Gasteiger partial charge in [0.1, 0.15) is 11.9 Å². The van der Waals surface area contributed by atoms with Crippen LogP contribution in [0.5, 0.6) is 5.75 Å². The van der Waals surface area contributed by atoms with Crippen LogP contribution in [0.2, 0.25) is 0 Å². The van der Waals surface area contributed by atoms with Crippen molar-refractivity contribution in [3.63, 3.8) is 0 Å². The van der Waals surface area contributed by atoms with Gasteiger partial charge < -0.3 is 14.8 Å². The maximum absolute atomic E-state index is 5.91. The Bertz CT molecular complexity index is 356. The number of ether oxygens (including phenoxy) is 2. The molecule has 0 saturated heterocycles. The van der Waals surface area contributed by atoms with E-state index < -0.39 is 0 Å². The van der Waals surface area contributed by atoms with Crippen molar-refractivity contribution >= 4 is 0 Å². The highest BCUT2D eigenvalue weighted by Gasteiger charge is 2.08.